The van der Waals surface area contributed by atoms with Gasteiger partial charge in [-0.2, -0.15) is 23.4 Å². The second-order valence-electron chi connectivity index (χ2n) is 16.5. The molecule has 7 aromatic rings. The van der Waals surface area contributed by atoms with Gasteiger partial charge < -0.3 is 29.9 Å². The molecule has 1 saturated carbocycles. The van der Waals surface area contributed by atoms with E-state index >= 15 is 0 Å². The molecule has 1 aliphatic rings. The van der Waals surface area contributed by atoms with Crippen LogP contribution in [0.3, 0.4) is 0 Å². The predicted octanol–water partition coefficient (Wildman–Crippen LogP) is 12.9. The fourth-order valence-electron chi connectivity index (χ4n) is 8.58. The van der Waals surface area contributed by atoms with Gasteiger partial charge in [-0.25, -0.2) is 0 Å². The minimum atomic E-state index is -4.68. The summed E-state index contributed by atoms with van der Waals surface area (Å²) in [7, 11) is -4.56. The number of methoxy groups -OCH3 is 2. The molecule has 1 aliphatic carbocycles. The number of nitrogens with one attached hydrogen (secondary N) is 2. The number of aromatic nitrogens is 3. The number of fused-ring (bicyclic) bond motifs is 2. The zero-order valence-electron chi connectivity index (χ0n) is 41.3. The quantitative estimate of drug-likeness (QED) is 0.0503. The largest absolute Gasteiger partial charge is 0.494 e. The summed E-state index contributed by atoms with van der Waals surface area (Å²) in [5.74, 6) is 1.64. The summed E-state index contributed by atoms with van der Waals surface area (Å²) in [6.07, 6.45) is 5.55. The van der Waals surface area contributed by atoms with E-state index in [2.05, 4.69) is 58.4 Å². The molecule has 8 rings (SSSR count). The van der Waals surface area contributed by atoms with E-state index in [-0.39, 0.29) is 22.5 Å². The summed E-state index contributed by atoms with van der Waals surface area (Å²) in [5, 5.41) is 29.8. The third-order valence-electron chi connectivity index (χ3n) is 12.2. The van der Waals surface area contributed by atoms with E-state index in [1.54, 1.807) is 50.2 Å². The minimum absolute atomic E-state index is 0.0110. The van der Waals surface area contributed by atoms with Crippen LogP contribution < -0.4 is 29.9 Å². The molecule has 0 saturated heterocycles. The number of thioether (sulfide) groups is 1. The number of nitrogens with zero attached hydrogens (tertiary/aromatic N) is 9. The molecule has 0 bridgehead atoms. The Balaban J connectivity index is 0.00000188. The maximum absolute atomic E-state index is 12.7. The van der Waals surface area contributed by atoms with Crippen molar-refractivity contribution in [3.63, 3.8) is 0 Å². The lowest BCUT2D eigenvalue weighted by Crippen LogP contribution is -2.22. The Morgan fingerprint density at radius 3 is 1.63 bits per heavy atom. The van der Waals surface area contributed by atoms with E-state index < -0.39 is 20.7 Å². The van der Waals surface area contributed by atoms with Crippen molar-refractivity contribution in [2.45, 2.75) is 75.1 Å². The Kier molecular flexibility index (Phi) is 18.3. The lowest BCUT2D eigenvalue weighted by molar-refractivity contribution is 0.414. The van der Waals surface area contributed by atoms with E-state index in [1.165, 1.54) is 12.5 Å². The molecule has 0 radical (unpaired) electrons. The summed E-state index contributed by atoms with van der Waals surface area (Å²) in [4.78, 5) is 18.9. The highest BCUT2D eigenvalue weighted by molar-refractivity contribution is 7.99. The van der Waals surface area contributed by atoms with Crippen molar-refractivity contribution >= 4 is 111 Å². The fraction of sp³-hybridized carbons (Fsp3) is 0.314. The molecular formula is C51H57N11O8S3. The van der Waals surface area contributed by atoms with E-state index in [0.29, 0.717) is 63.1 Å². The molecule has 0 unspecified atom stereocenters. The van der Waals surface area contributed by atoms with Crippen molar-refractivity contribution in [3.05, 3.63) is 103 Å². The van der Waals surface area contributed by atoms with Crippen LogP contribution in [0, 0.1) is 0 Å². The Hall–Kier alpha value is -7.27. The van der Waals surface area contributed by atoms with Gasteiger partial charge in [-0.15, -0.1) is 33.1 Å². The van der Waals surface area contributed by atoms with Gasteiger partial charge in [-0.1, -0.05) is 97.8 Å². The van der Waals surface area contributed by atoms with Gasteiger partial charge in [0.1, 0.15) is 33.5 Å². The third kappa shape index (κ3) is 13.4. The normalized spacial score (nSPS) is 13.0. The summed E-state index contributed by atoms with van der Waals surface area (Å²) in [6.45, 7) is 11.1. The molecule has 0 atom stereocenters. The Morgan fingerprint density at radius 2 is 1.11 bits per heavy atom. The first-order chi connectivity index (χ1) is 35.3. The van der Waals surface area contributed by atoms with E-state index in [1.807, 2.05) is 72.8 Å². The number of hydrogen-bond acceptors (Lipinski definition) is 19. The molecule has 382 valence electrons. The van der Waals surface area contributed by atoms with Crippen molar-refractivity contribution in [1.29, 1.82) is 0 Å². The van der Waals surface area contributed by atoms with Crippen LogP contribution in [0.2, 0.25) is 0 Å². The molecule has 3 N–H and O–H groups in total. The lowest BCUT2D eigenvalue weighted by atomic mass is 10.0. The second-order valence-corrected chi connectivity index (χ2v) is 19.6. The molecule has 19 nitrogen and oxygen atoms in total. The number of anilines is 6. The standard InChI is InChI=1S/C51H57N11O5S2.O3S/c1-7-61(8-2)43-29-39(41(31-45(43)66-5)58-57-38-26-18-21-33-19-14-16-24-36(33)38)52-49-54-50(56-51(55-49)68-35-22-12-11-13-23-35)53-40-30-44(62(9-3)10-4)46(67-6)32-42(40)59-60-48-37-25-17-15-20-34(37)27-28-47(48)69(63,64)65;1-4(2)3/h14-21,24-32,35H,7-13,22-23H2,1-6H3,(H,63,64,65)(H2,52,53,54,55,56);. The first-order valence-electron chi connectivity index (χ1n) is 23.7. The maximum atomic E-state index is 12.7. The van der Waals surface area contributed by atoms with Gasteiger partial charge in [0.25, 0.3) is 10.1 Å². The molecule has 0 spiro atoms. The zero-order chi connectivity index (χ0) is 52.1. The minimum Gasteiger partial charge on any atom is -0.494 e. The van der Waals surface area contributed by atoms with Crippen LogP contribution in [0.5, 0.6) is 11.5 Å². The average molecular weight is 1050 g/mol. The maximum Gasteiger partial charge on any atom is 0.425 e. The van der Waals surface area contributed by atoms with Gasteiger partial charge in [0.2, 0.25) is 11.9 Å². The second kappa shape index (κ2) is 24.9. The summed E-state index contributed by atoms with van der Waals surface area (Å²) in [5.41, 5.74) is 4.20. The molecule has 0 amide bonds. The van der Waals surface area contributed by atoms with Crippen LogP contribution in [0.15, 0.2) is 134 Å². The fourth-order valence-corrected chi connectivity index (χ4v) is 10.4. The first-order valence-corrected chi connectivity index (χ1v) is 27.1. The van der Waals surface area contributed by atoms with Gasteiger partial charge in [0.05, 0.1) is 42.7 Å². The Labute approximate surface area is 430 Å². The zero-order valence-corrected chi connectivity index (χ0v) is 43.8. The topological polar surface area (TPSA) is 243 Å². The smallest absolute Gasteiger partial charge is 0.425 e. The molecule has 1 fully saturated rings. The molecular weight excluding hydrogens is 991 g/mol. The highest BCUT2D eigenvalue weighted by Crippen LogP contribution is 2.44. The molecule has 1 aromatic heterocycles. The number of azo groups is 2. The van der Waals surface area contributed by atoms with Crippen LogP contribution in [0.1, 0.15) is 59.8 Å². The van der Waals surface area contributed by atoms with Crippen molar-refractivity contribution in [2.75, 3.05) is 60.8 Å². The van der Waals surface area contributed by atoms with Crippen molar-refractivity contribution in [2.24, 2.45) is 20.5 Å². The van der Waals surface area contributed by atoms with Crippen molar-refractivity contribution in [1.82, 2.24) is 15.0 Å². The number of rotatable bonds is 19. The summed E-state index contributed by atoms with van der Waals surface area (Å²) >= 11 is 1.62. The highest BCUT2D eigenvalue weighted by Gasteiger charge is 2.23. The van der Waals surface area contributed by atoms with Crippen molar-refractivity contribution in [3.8, 4) is 11.5 Å². The monoisotopic (exact) mass is 1050 g/mol. The van der Waals surface area contributed by atoms with Crippen LogP contribution in [0.4, 0.5) is 57.4 Å². The Bertz CT molecular complexity index is 3360. The lowest BCUT2D eigenvalue weighted by Gasteiger charge is -2.25. The molecule has 22 heteroatoms. The van der Waals surface area contributed by atoms with Crippen LogP contribution in [-0.4, -0.2) is 86.2 Å². The van der Waals surface area contributed by atoms with Crippen LogP contribution in [0.25, 0.3) is 21.5 Å². The highest BCUT2D eigenvalue weighted by atomic mass is 32.2. The molecule has 1 heterocycles. The van der Waals surface area contributed by atoms with Gasteiger partial charge in [0.15, 0.2) is 5.16 Å². The summed E-state index contributed by atoms with van der Waals surface area (Å²) in [6, 6.07) is 31.6. The van der Waals surface area contributed by atoms with Gasteiger partial charge >= 0.3 is 10.6 Å². The van der Waals surface area contributed by atoms with Gasteiger partial charge in [0, 0.05) is 54.3 Å². The van der Waals surface area contributed by atoms with Gasteiger partial charge in [-0.3, -0.25) is 4.55 Å². The van der Waals surface area contributed by atoms with Gasteiger partial charge in [-0.05, 0) is 75.6 Å². The Morgan fingerprint density at radius 1 is 0.630 bits per heavy atom. The van der Waals surface area contributed by atoms with E-state index in [9.17, 15) is 13.0 Å². The van der Waals surface area contributed by atoms with Crippen LogP contribution >= 0.6 is 11.8 Å². The SMILES string of the molecule is CCN(CC)c1cc(Nc2nc(Nc3cc(N(CC)CC)c(OC)cc3N=Nc3c(S(=O)(=O)O)ccc4ccccc34)nc(SC3CCCCC3)n2)c(N=Nc2cccc3ccccc23)cc1OC.O=S(=O)=O. The van der Waals surface area contributed by atoms with E-state index in [4.69, 9.17) is 47.3 Å². The third-order valence-corrected chi connectivity index (χ3v) is 14.2. The molecule has 73 heavy (non-hydrogen) atoms. The van der Waals surface area contributed by atoms with Crippen LogP contribution in [-0.2, 0) is 20.7 Å². The average Bonchev–Trinajstić information content (AvgIpc) is 3.38. The number of ether oxygens (including phenoxy) is 2. The summed E-state index contributed by atoms with van der Waals surface area (Å²) < 4.78 is 72.9. The predicted molar refractivity (Wildman–Crippen MR) is 288 cm³/mol. The molecule has 6 aromatic carbocycles. The van der Waals surface area contributed by atoms with E-state index in [0.717, 1.165) is 72.0 Å². The van der Waals surface area contributed by atoms with Crippen molar-refractivity contribution < 1.29 is 35.1 Å². The first kappa shape index (κ1) is 53.5. The molecule has 0 aliphatic heterocycles. The number of benzene rings is 6. The number of hydrogen-bond donors (Lipinski definition) is 3.